The zero-order valence-corrected chi connectivity index (χ0v) is 12.5. The van der Waals surface area contributed by atoms with Gasteiger partial charge in [-0.1, -0.05) is 44.2 Å². The molecule has 0 aliphatic heterocycles. The molecule has 1 rings (SSSR count). The molecule has 1 aromatic rings. The molecule has 0 fully saturated rings. The summed E-state index contributed by atoms with van der Waals surface area (Å²) in [6.45, 7) is 6.13. The average Bonchev–Trinajstić information content (AvgIpc) is 2.37. The van der Waals surface area contributed by atoms with E-state index in [4.69, 9.17) is 5.73 Å². The summed E-state index contributed by atoms with van der Waals surface area (Å²) in [5.74, 6) is 0.113. The van der Waals surface area contributed by atoms with Crippen LogP contribution in [0.3, 0.4) is 0 Å². The molecule has 0 aromatic heterocycles. The van der Waals surface area contributed by atoms with Gasteiger partial charge in [0.05, 0.1) is 0 Å². The highest BCUT2D eigenvalue weighted by Gasteiger charge is 2.24. The summed E-state index contributed by atoms with van der Waals surface area (Å²) < 4.78 is 0. The third kappa shape index (κ3) is 5.72. The maximum absolute atomic E-state index is 11.9. The topological polar surface area (TPSA) is 75.3 Å². The van der Waals surface area contributed by atoms with Crippen LogP contribution in [0.5, 0.6) is 0 Å². The second-order valence-electron chi connectivity index (χ2n) is 5.84. The molecular formula is C16H26N2O2. The fourth-order valence-electron chi connectivity index (χ4n) is 2.29. The molecule has 112 valence electrons. The quantitative estimate of drug-likeness (QED) is 0.707. The van der Waals surface area contributed by atoms with Crippen molar-refractivity contribution in [1.82, 2.24) is 5.32 Å². The van der Waals surface area contributed by atoms with Gasteiger partial charge in [0.2, 0.25) is 0 Å². The highest BCUT2D eigenvalue weighted by molar-refractivity contribution is 5.81. The van der Waals surface area contributed by atoms with Gasteiger partial charge in [0.25, 0.3) is 5.91 Å². The van der Waals surface area contributed by atoms with Crippen LogP contribution < -0.4 is 11.1 Å². The molecule has 0 heterocycles. The van der Waals surface area contributed by atoms with Crippen LogP contribution in [-0.2, 0) is 11.2 Å². The zero-order chi connectivity index (χ0) is 15.1. The predicted octanol–water partition coefficient (Wildman–Crippen LogP) is 1.47. The van der Waals surface area contributed by atoms with Gasteiger partial charge < -0.3 is 16.2 Å². The Morgan fingerprint density at radius 1 is 1.25 bits per heavy atom. The van der Waals surface area contributed by atoms with E-state index in [2.05, 4.69) is 19.2 Å². The van der Waals surface area contributed by atoms with Gasteiger partial charge in [0, 0.05) is 12.1 Å². The molecule has 0 unspecified atom stereocenters. The number of hydrogen-bond acceptors (Lipinski definition) is 3. The molecule has 0 spiro atoms. The minimum absolute atomic E-state index is 0.0427. The SMILES string of the molecule is CC(C)C[C@H](C)NC(=O)[C@@H](O)[C@H](N)Cc1ccccc1. The van der Waals surface area contributed by atoms with E-state index in [-0.39, 0.29) is 11.9 Å². The molecule has 4 nitrogen and oxygen atoms in total. The van der Waals surface area contributed by atoms with E-state index in [0.717, 1.165) is 12.0 Å². The number of carbonyl (C=O) groups is 1. The van der Waals surface area contributed by atoms with Crippen molar-refractivity contribution in [3.05, 3.63) is 35.9 Å². The van der Waals surface area contributed by atoms with Crippen LogP contribution in [0.25, 0.3) is 0 Å². The molecule has 1 aromatic carbocycles. The molecule has 3 atom stereocenters. The molecule has 0 bridgehead atoms. The smallest absolute Gasteiger partial charge is 0.250 e. The molecule has 4 N–H and O–H groups in total. The zero-order valence-electron chi connectivity index (χ0n) is 12.5. The number of benzene rings is 1. The Balaban J connectivity index is 2.47. The van der Waals surface area contributed by atoms with Gasteiger partial charge in [-0.3, -0.25) is 4.79 Å². The molecule has 0 aliphatic carbocycles. The van der Waals surface area contributed by atoms with Crippen LogP contribution >= 0.6 is 0 Å². The maximum Gasteiger partial charge on any atom is 0.250 e. The monoisotopic (exact) mass is 278 g/mol. The summed E-state index contributed by atoms with van der Waals surface area (Å²) >= 11 is 0. The molecule has 1 amide bonds. The molecule has 20 heavy (non-hydrogen) atoms. The van der Waals surface area contributed by atoms with E-state index in [0.29, 0.717) is 12.3 Å². The van der Waals surface area contributed by atoms with Crippen LogP contribution in [0, 0.1) is 5.92 Å². The standard InChI is InChI=1S/C16H26N2O2/c1-11(2)9-12(3)18-16(20)15(19)14(17)10-13-7-5-4-6-8-13/h4-8,11-12,14-15,19H,9-10,17H2,1-3H3,(H,18,20)/t12-,14+,15-/m0/s1. The van der Waals surface area contributed by atoms with Gasteiger partial charge in [-0.15, -0.1) is 0 Å². The number of nitrogens with one attached hydrogen (secondary N) is 1. The van der Waals surface area contributed by atoms with Crippen molar-refractivity contribution in [2.24, 2.45) is 11.7 Å². The lowest BCUT2D eigenvalue weighted by atomic mass is 10.0. The van der Waals surface area contributed by atoms with Crippen molar-refractivity contribution in [3.63, 3.8) is 0 Å². The molecule has 4 heteroatoms. The number of aliphatic hydroxyl groups excluding tert-OH is 1. The summed E-state index contributed by atoms with van der Waals surface area (Å²) in [6, 6.07) is 9.08. The number of nitrogens with two attached hydrogens (primary N) is 1. The van der Waals surface area contributed by atoms with Crippen LogP contribution in [0.4, 0.5) is 0 Å². The summed E-state index contributed by atoms with van der Waals surface area (Å²) in [5, 5.41) is 12.8. The van der Waals surface area contributed by atoms with Crippen LogP contribution in [-0.4, -0.2) is 29.2 Å². The Kier molecular flexibility index (Phi) is 6.68. The highest BCUT2D eigenvalue weighted by atomic mass is 16.3. The largest absolute Gasteiger partial charge is 0.382 e. The Labute approximate surface area is 121 Å². The number of carbonyl (C=O) groups excluding carboxylic acids is 1. The molecule has 0 aliphatic rings. The molecule has 0 radical (unpaired) electrons. The second-order valence-corrected chi connectivity index (χ2v) is 5.84. The molecular weight excluding hydrogens is 252 g/mol. The lowest BCUT2D eigenvalue weighted by Crippen LogP contribution is -2.49. The Bertz CT molecular complexity index is 406. The molecule has 0 saturated heterocycles. The maximum atomic E-state index is 11.9. The van der Waals surface area contributed by atoms with E-state index >= 15 is 0 Å². The van der Waals surface area contributed by atoms with Crippen molar-refractivity contribution in [1.29, 1.82) is 0 Å². The summed E-state index contributed by atoms with van der Waals surface area (Å²) in [4.78, 5) is 11.9. The first-order valence-electron chi connectivity index (χ1n) is 7.18. The lowest BCUT2D eigenvalue weighted by Gasteiger charge is -2.22. The Morgan fingerprint density at radius 2 is 1.85 bits per heavy atom. The van der Waals surface area contributed by atoms with E-state index in [9.17, 15) is 9.90 Å². The van der Waals surface area contributed by atoms with Crippen molar-refractivity contribution in [2.45, 2.75) is 51.8 Å². The normalized spacial score (nSPS) is 15.7. The van der Waals surface area contributed by atoms with Crippen LogP contribution in [0.1, 0.15) is 32.8 Å². The van der Waals surface area contributed by atoms with Gasteiger partial charge in [-0.2, -0.15) is 0 Å². The van der Waals surface area contributed by atoms with E-state index < -0.39 is 12.1 Å². The van der Waals surface area contributed by atoms with E-state index in [1.807, 2.05) is 37.3 Å². The minimum atomic E-state index is -1.18. The van der Waals surface area contributed by atoms with Gasteiger partial charge in [-0.05, 0) is 31.2 Å². The fourth-order valence-corrected chi connectivity index (χ4v) is 2.29. The fraction of sp³-hybridized carbons (Fsp3) is 0.562. The number of rotatable bonds is 7. The van der Waals surface area contributed by atoms with Gasteiger partial charge in [0.15, 0.2) is 0 Å². The van der Waals surface area contributed by atoms with Crippen molar-refractivity contribution in [2.75, 3.05) is 0 Å². The van der Waals surface area contributed by atoms with Crippen LogP contribution in [0.15, 0.2) is 30.3 Å². The number of amides is 1. The van der Waals surface area contributed by atoms with Gasteiger partial charge in [-0.25, -0.2) is 0 Å². The Hall–Kier alpha value is -1.39. The summed E-state index contributed by atoms with van der Waals surface area (Å²) in [7, 11) is 0. The average molecular weight is 278 g/mol. The van der Waals surface area contributed by atoms with Crippen LogP contribution in [0.2, 0.25) is 0 Å². The van der Waals surface area contributed by atoms with Crippen molar-refractivity contribution >= 4 is 5.91 Å². The van der Waals surface area contributed by atoms with Crippen molar-refractivity contribution < 1.29 is 9.90 Å². The molecule has 0 saturated carbocycles. The van der Waals surface area contributed by atoms with E-state index in [1.165, 1.54) is 0 Å². The number of hydrogen-bond donors (Lipinski definition) is 3. The Morgan fingerprint density at radius 3 is 2.40 bits per heavy atom. The minimum Gasteiger partial charge on any atom is -0.382 e. The summed E-state index contributed by atoms with van der Waals surface area (Å²) in [6.07, 6.45) is 0.185. The van der Waals surface area contributed by atoms with E-state index in [1.54, 1.807) is 0 Å². The highest BCUT2D eigenvalue weighted by Crippen LogP contribution is 2.07. The first-order chi connectivity index (χ1) is 9.40. The third-order valence-electron chi connectivity index (χ3n) is 3.20. The lowest BCUT2D eigenvalue weighted by molar-refractivity contribution is -0.131. The third-order valence-corrected chi connectivity index (χ3v) is 3.20. The second kappa shape index (κ2) is 8.02. The van der Waals surface area contributed by atoms with Crippen molar-refractivity contribution in [3.8, 4) is 0 Å². The number of aliphatic hydroxyl groups is 1. The predicted molar refractivity (Wildman–Crippen MR) is 81.2 cm³/mol. The summed E-state index contributed by atoms with van der Waals surface area (Å²) in [5.41, 5.74) is 6.93. The first kappa shape index (κ1) is 16.7. The first-order valence-corrected chi connectivity index (χ1v) is 7.18. The van der Waals surface area contributed by atoms with Gasteiger partial charge >= 0.3 is 0 Å². The van der Waals surface area contributed by atoms with Gasteiger partial charge in [0.1, 0.15) is 6.10 Å².